The largest absolute Gasteiger partial charge is 0.459 e. The molecule has 1 amide bonds. The van der Waals surface area contributed by atoms with Gasteiger partial charge in [0.25, 0.3) is 0 Å². The third-order valence-corrected chi connectivity index (χ3v) is 13.2. The van der Waals surface area contributed by atoms with E-state index in [0.29, 0.717) is 61.0 Å². The second kappa shape index (κ2) is 20.7. The third-order valence-electron chi connectivity index (χ3n) is 13.2. The lowest BCUT2D eigenvalue weighted by atomic mass is 9.55. The lowest BCUT2D eigenvalue weighted by molar-refractivity contribution is -0.255. The molecular formula is C50H62N2O8. The number of benzene rings is 3. The molecule has 0 spiro atoms. The molecule has 0 radical (unpaired) electrons. The van der Waals surface area contributed by atoms with Gasteiger partial charge in [-0.05, 0) is 91.3 Å². The summed E-state index contributed by atoms with van der Waals surface area (Å²) < 4.78 is 20.8. The maximum atomic E-state index is 14.4. The van der Waals surface area contributed by atoms with Crippen LogP contribution in [-0.4, -0.2) is 71.7 Å². The van der Waals surface area contributed by atoms with E-state index in [9.17, 15) is 19.8 Å². The molecule has 3 aliphatic carbocycles. The summed E-state index contributed by atoms with van der Waals surface area (Å²) in [6.07, 6.45) is 16.1. The second-order valence-corrected chi connectivity index (χ2v) is 17.0. The number of hydrogen-bond donors (Lipinski definition) is 2. The molecule has 1 heterocycles. The van der Waals surface area contributed by atoms with Crippen molar-refractivity contribution in [2.75, 3.05) is 26.9 Å². The van der Waals surface area contributed by atoms with Crippen molar-refractivity contribution in [2.24, 2.45) is 28.8 Å². The van der Waals surface area contributed by atoms with Gasteiger partial charge < -0.3 is 34.2 Å². The van der Waals surface area contributed by atoms with Crippen LogP contribution in [0.25, 0.3) is 0 Å². The Kier molecular flexibility index (Phi) is 14.9. The van der Waals surface area contributed by atoms with Crippen LogP contribution in [0.1, 0.15) is 111 Å². The molecule has 0 saturated heterocycles. The number of amides is 1. The summed E-state index contributed by atoms with van der Waals surface area (Å²) in [7, 11) is 1.88. The highest BCUT2D eigenvalue weighted by atomic mass is 16.7. The summed E-state index contributed by atoms with van der Waals surface area (Å²) in [4.78, 5) is 34.1. The zero-order valence-electron chi connectivity index (χ0n) is 35.1. The normalized spacial score (nSPS) is 25.1. The fraction of sp³-hybridized carbons (Fsp3) is 0.500. The van der Waals surface area contributed by atoms with Crippen molar-refractivity contribution in [3.05, 3.63) is 114 Å². The first kappa shape index (κ1) is 43.3. The molecule has 6 atom stereocenters. The average molecular weight is 819 g/mol. The summed E-state index contributed by atoms with van der Waals surface area (Å²) in [6, 6.07) is 22.4. The van der Waals surface area contributed by atoms with Crippen molar-refractivity contribution in [2.45, 2.75) is 108 Å². The molecule has 10 heteroatoms. The smallest absolute Gasteiger partial charge is 0.239 e. The predicted octanol–water partition coefficient (Wildman–Crippen LogP) is 9.55. The highest BCUT2D eigenvalue weighted by Crippen LogP contribution is 2.62. The van der Waals surface area contributed by atoms with Gasteiger partial charge in [-0.15, -0.1) is 6.58 Å². The topological polar surface area (TPSA) is 127 Å². The standard InChI is InChI=1S/C50H62N2O8/c1-3-28-57-50-46(52(2)47(56)25-22-35-14-7-8-15-35)32-44(51-58-34-36-16-5-4-6-17-36)42-30-38(19-9-11-26-53)41(21-10-12-27-54)48(49(42)50)43-31-40(23-24-45(43)60-50)59-39-20-13-18-37(29-39)33-55/h3-6,13,16-18,20,23-24,29-31,33,35,38,41,46,48-49,53-54H,1,7-12,14-15,19,21-22,25-28,32,34H2,2H3/t38-,41+,46-,48+,49+,50+/m0/s1. The minimum atomic E-state index is -1.31. The van der Waals surface area contributed by atoms with Gasteiger partial charge in [0.2, 0.25) is 11.7 Å². The molecule has 2 N–H and O–H groups in total. The van der Waals surface area contributed by atoms with Gasteiger partial charge in [0.1, 0.15) is 36.2 Å². The Labute approximate surface area is 355 Å². The number of carbonyl (C=O) groups excluding carboxylic acids is 2. The molecule has 0 bridgehead atoms. The Morgan fingerprint density at radius 3 is 2.47 bits per heavy atom. The number of aliphatic hydroxyl groups excluding tert-OH is 2. The number of rotatable bonds is 21. The zero-order chi connectivity index (χ0) is 41.9. The van der Waals surface area contributed by atoms with E-state index in [-0.39, 0.29) is 43.5 Å². The number of oxime groups is 1. The fourth-order valence-electron chi connectivity index (χ4n) is 10.3. The molecular weight excluding hydrogens is 757 g/mol. The molecule has 1 aliphatic heterocycles. The van der Waals surface area contributed by atoms with Crippen LogP contribution in [0.4, 0.5) is 0 Å². The molecule has 3 aromatic carbocycles. The molecule has 2 fully saturated rings. The second-order valence-electron chi connectivity index (χ2n) is 17.0. The van der Waals surface area contributed by atoms with E-state index in [2.05, 4.69) is 18.7 Å². The van der Waals surface area contributed by atoms with E-state index >= 15 is 0 Å². The third kappa shape index (κ3) is 9.72. The highest BCUT2D eigenvalue weighted by molar-refractivity contribution is 6.03. The van der Waals surface area contributed by atoms with Crippen molar-refractivity contribution >= 4 is 17.9 Å². The fourth-order valence-corrected chi connectivity index (χ4v) is 10.3. The Morgan fingerprint density at radius 2 is 1.72 bits per heavy atom. The maximum Gasteiger partial charge on any atom is 0.239 e. The van der Waals surface area contributed by atoms with E-state index < -0.39 is 17.7 Å². The molecule has 320 valence electrons. The molecule has 0 aromatic heterocycles. The van der Waals surface area contributed by atoms with Crippen LogP contribution in [0.3, 0.4) is 0 Å². The minimum absolute atomic E-state index is 0.0508. The Hall–Kier alpha value is -4.77. The van der Waals surface area contributed by atoms with Crippen molar-refractivity contribution in [1.82, 2.24) is 4.90 Å². The number of unbranched alkanes of at least 4 members (excludes halogenated alkanes) is 2. The molecule has 60 heavy (non-hydrogen) atoms. The summed E-state index contributed by atoms with van der Waals surface area (Å²) in [5, 5.41) is 24.8. The number of fused-ring (bicyclic) bond motifs is 2. The van der Waals surface area contributed by atoms with Gasteiger partial charge >= 0.3 is 0 Å². The van der Waals surface area contributed by atoms with Crippen molar-refractivity contribution in [1.29, 1.82) is 0 Å². The molecule has 4 aliphatic rings. The van der Waals surface area contributed by atoms with Gasteiger partial charge in [0.15, 0.2) is 0 Å². The summed E-state index contributed by atoms with van der Waals surface area (Å²) in [5.74, 6) is 0.729. The average Bonchev–Trinajstić information content (AvgIpc) is 3.80. The van der Waals surface area contributed by atoms with Gasteiger partial charge in [-0.2, -0.15) is 0 Å². The summed E-state index contributed by atoms with van der Waals surface area (Å²) >= 11 is 0. The number of carbonyl (C=O) groups is 2. The first-order valence-corrected chi connectivity index (χ1v) is 22.1. The number of hydrogen-bond acceptors (Lipinski definition) is 9. The van der Waals surface area contributed by atoms with E-state index in [1.165, 1.54) is 25.7 Å². The number of allylic oxidation sites excluding steroid dienone is 1. The molecule has 0 unspecified atom stereocenters. The van der Waals surface area contributed by atoms with E-state index in [0.717, 1.165) is 60.8 Å². The van der Waals surface area contributed by atoms with E-state index in [1.807, 2.05) is 60.5 Å². The zero-order valence-corrected chi connectivity index (χ0v) is 35.1. The van der Waals surface area contributed by atoms with Crippen LogP contribution in [0.15, 0.2) is 102 Å². The number of likely N-dealkylation sites (N-methyl/N-ethyl adjacent to an activating group) is 1. The highest BCUT2D eigenvalue weighted by Gasteiger charge is 2.65. The Bertz CT molecular complexity index is 1980. The SMILES string of the molecule is C=CCO[C@@]12Oc3ccc(Oc4cccc(C=O)c4)cc3[C@H]3[C@H](CCCCO)[C@@H](CCCCO)C=C(C(=NOCc4ccccc4)C[C@@H]1N(C)C(=O)CCC1CCCC1)[C@H]32. The summed E-state index contributed by atoms with van der Waals surface area (Å²) in [5.41, 5.74) is 4.24. The summed E-state index contributed by atoms with van der Waals surface area (Å²) in [6.45, 7) is 4.76. The minimum Gasteiger partial charge on any atom is -0.459 e. The van der Waals surface area contributed by atoms with Gasteiger partial charge in [0, 0.05) is 50.1 Å². The molecule has 10 nitrogen and oxygen atoms in total. The van der Waals surface area contributed by atoms with Gasteiger partial charge in [-0.25, -0.2) is 0 Å². The Balaban J connectivity index is 1.38. The van der Waals surface area contributed by atoms with Crippen LogP contribution in [-0.2, 0) is 21.0 Å². The maximum absolute atomic E-state index is 14.4. The van der Waals surface area contributed by atoms with Crippen LogP contribution in [0.2, 0.25) is 0 Å². The lowest BCUT2D eigenvalue weighted by Gasteiger charge is -2.59. The molecule has 3 aromatic rings. The quantitative estimate of drug-likeness (QED) is 0.0471. The number of aliphatic hydroxyl groups is 2. The van der Waals surface area contributed by atoms with Crippen LogP contribution < -0.4 is 9.47 Å². The van der Waals surface area contributed by atoms with E-state index in [1.54, 1.807) is 24.3 Å². The van der Waals surface area contributed by atoms with Crippen LogP contribution in [0.5, 0.6) is 17.2 Å². The number of nitrogens with zero attached hydrogens (tertiary/aromatic N) is 2. The van der Waals surface area contributed by atoms with Gasteiger partial charge in [0.05, 0.1) is 18.2 Å². The number of ether oxygens (including phenoxy) is 3. The van der Waals surface area contributed by atoms with Crippen molar-refractivity contribution in [3.8, 4) is 17.2 Å². The van der Waals surface area contributed by atoms with Crippen LogP contribution in [0, 0.1) is 23.7 Å². The first-order chi connectivity index (χ1) is 29.4. The van der Waals surface area contributed by atoms with Crippen molar-refractivity contribution in [3.63, 3.8) is 0 Å². The van der Waals surface area contributed by atoms with Gasteiger partial charge in [-0.1, -0.05) is 98.3 Å². The lowest BCUT2D eigenvalue weighted by Crippen LogP contribution is -2.69. The van der Waals surface area contributed by atoms with Crippen molar-refractivity contribution < 1.29 is 38.9 Å². The van der Waals surface area contributed by atoms with Crippen LogP contribution >= 0.6 is 0 Å². The molecule has 7 rings (SSSR count). The first-order valence-electron chi connectivity index (χ1n) is 22.1. The monoisotopic (exact) mass is 818 g/mol. The molecule has 2 saturated carbocycles. The van der Waals surface area contributed by atoms with Gasteiger partial charge in [-0.3, -0.25) is 9.59 Å². The van der Waals surface area contributed by atoms with E-state index in [4.69, 9.17) is 24.2 Å². The number of aldehydes is 1. The Morgan fingerprint density at radius 1 is 0.950 bits per heavy atom. The predicted molar refractivity (Wildman–Crippen MR) is 232 cm³/mol.